The Bertz CT molecular complexity index is 1160. The molecule has 5 heteroatoms. The Labute approximate surface area is 214 Å². The van der Waals surface area contributed by atoms with Crippen LogP contribution >= 0.6 is 0 Å². The highest BCUT2D eigenvalue weighted by Gasteiger charge is 2.17. The van der Waals surface area contributed by atoms with Crippen molar-refractivity contribution in [1.29, 1.82) is 0 Å². The van der Waals surface area contributed by atoms with Gasteiger partial charge in [-0.1, -0.05) is 56.3 Å². The molecule has 3 rings (SSSR count). The first-order chi connectivity index (χ1) is 17.3. The summed E-state index contributed by atoms with van der Waals surface area (Å²) in [4.78, 5) is 11.3. The van der Waals surface area contributed by atoms with Crippen molar-refractivity contribution in [2.75, 3.05) is 20.3 Å². The van der Waals surface area contributed by atoms with Crippen LogP contribution in [0.15, 0.2) is 72.8 Å². The lowest BCUT2D eigenvalue weighted by molar-refractivity contribution is -0.149. The first-order valence-corrected chi connectivity index (χ1v) is 12.3. The smallest absolute Gasteiger partial charge is 0.333 e. The molecule has 0 aliphatic heterocycles. The Morgan fingerprint density at radius 2 is 1.69 bits per heavy atom. The predicted molar refractivity (Wildman–Crippen MR) is 145 cm³/mol. The van der Waals surface area contributed by atoms with E-state index in [1.54, 1.807) is 14.0 Å². The summed E-state index contributed by atoms with van der Waals surface area (Å²) in [6.45, 7) is 9.05. The Hall–Kier alpha value is -3.57. The Kier molecular flexibility index (Phi) is 9.71. The topological polar surface area (TPSA) is 65.0 Å². The highest BCUT2D eigenvalue weighted by molar-refractivity contribution is 5.74. The van der Waals surface area contributed by atoms with Gasteiger partial charge in [-0.05, 0) is 77.9 Å². The van der Waals surface area contributed by atoms with E-state index in [2.05, 4.69) is 63.2 Å². The zero-order valence-corrected chi connectivity index (χ0v) is 21.8. The highest BCUT2D eigenvalue weighted by Crippen LogP contribution is 2.33. The van der Waals surface area contributed by atoms with Gasteiger partial charge in [-0.15, -0.1) is 0 Å². The standard InChI is InChI=1S/C31H36O5/c1-6-35-30(31(32)33)19-23-7-14-27(15-8-23)36-18-17-22(4)24-9-11-25(12-10-24)28-20-26(21(2)3)13-16-29(28)34-5/h7-17,20-21,30H,6,18-19H2,1-5H3,(H,32,33)/t30-/m0/s1. The van der Waals surface area contributed by atoms with Crippen LogP contribution in [0.2, 0.25) is 0 Å². The molecule has 1 N–H and O–H groups in total. The molecule has 0 bridgehead atoms. The second kappa shape index (κ2) is 12.9. The minimum absolute atomic E-state index is 0.325. The summed E-state index contributed by atoms with van der Waals surface area (Å²) in [6, 6.07) is 22.3. The van der Waals surface area contributed by atoms with Crippen molar-refractivity contribution in [3.63, 3.8) is 0 Å². The summed E-state index contributed by atoms with van der Waals surface area (Å²) in [7, 11) is 1.70. The molecule has 5 nitrogen and oxygen atoms in total. The van der Waals surface area contributed by atoms with Gasteiger partial charge in [0.2, 0.25) is 0 Å². The van der Waals surface area contributed by atoms with E-state index in [0.717, 1.165) is 39.3 Å². The quantitative estimate of drug-likeness (QED) is 0.297. The third kappa shape index (κ3) is 7.22. The third-order valence-electron chi connectivity index (χ3n) is 6.17. The SMILES string of the molecule is CCO[C@@H](Cc1ccc(OCC=C(C)c2ccc(-c3cc(C(C)C)ccc3OC)cc2)cc1)C(=O)O. The molecule has 0 saturated heterocycles. The van der Waals surface area contributed by atoms with Gasteiger partial charge in [0.25, 0.3) is 0 Å². The molecule has 36 heavy (non-hydrogen) atoms. The van der Waals surface area contributed by atoms with Crippen molar-refractivity contribution >= 4 is 11.5 Å². The van der Waals surface area contributed by atoms with Crippen LogP contribution in [0.5, 0.6) is 11.5 Å². The summed E-state index contributed by atoms with van der Waals surface area (Å²) < 4.78 is 16.8. The van der Waals surface area contributed by atoms with E-state index in [0.29, 0.717) is 25.6 Å². The van der Waals surface area contributed by atoms with E-state index in [9.17, 15) is 9.90 Å². The third-order valence-corrected chi connectivity index (χ3v) is 6.17. The molecule has 0 aliphatic carbocycles. The average Bonchev–Trinajstić information content (AvgIpc) is 2.89. The summed E-state index contributed by atoms with van der Waals surface area (Å²) >= 11 is 0. The molecule has 0 radical (unpaired) electrons. The normalized spacial score (nSPS) is 12.4. The lowest BCUT2D eigenvalue weighted by atomic mass is 9.95. The fraction of sp³-hybridized carbons (Fsp3) is 0.323. The number of allylic oxidation sites excluding steroid dienone is 1. The van der Waals surface area contributed by atoms with Gasteiger partial charge in [0, 0.05) is 18.6 Å². The molecule has 0 aliphatic rings. The lowest BCUT2D eigenvalue weighted by Gasteiger charge is -2.14. The molecule has 0 unspecified atom stereocenters. The first kappa shape index (κ1) is 27.0. The van der Waals surface area contributed by atoms with Crippen molar-refractivity contribution in [1.82, 2.24) is 0 Å². The Balaban J connectivity index is 1.62. The molecule has 190 valence electrons. The molecule has 3 aromatic rings. The number of carbonyl (C=O) groups is 1. The first-order valence-electron chi connectivity index (χ1n) is 12.3. The lowest BCUT2D eigenvalue weighted by Crippen LogP contribution is -2.26. The van der Waals surface area contributed by atoms with E-state index >= 15 is 0 Å². The maximum absolute atomic E-state index is 11.3. The number of benzene rings is 3. The number of aliphatic carboxylic acids is 1. The van der Waals surface area contributed by atoms with Crippen molar-refractivity contribution in [2.24, 2.45) is 0 Å². The minimum Gasteiger partial charge on any atom is -0.496 e. The maximum Gasteiger partial charge on any atom is 0.333 e. The van der Waals surface area contributed by atoms with Crippen LogP contribution in [0.1, 0.15) is 50.3 Å². The Morgan fingerprint density at radius 1 is 1.00 bits per heavy atom. The zero-order chi connectivity index (χ0) is 26.1. The summed E-state index contributed by atoms with van der Waals surface area (Å²) in [5.74, 6) is 1.11. The fourth-order valence-corrected chi connectivity index (χ4v) is 3.96. The Morgan fingerprint density at radius 3 is 2.28 bits per heavy atom. The number of methoxy groups -OCH3 is 1. The predicted octanol–water partition coefficient (Wildman–Crippen LogP) is 7.00. The highest BCUT2D eigenvalue weighted by atomic mass is 16.5. The van der Waals surface area contributed by atoms with Gasteiger partial charge in [0.05, 0.1) is 7.11 Å². The minimum atomic E-state index is -0.950. The van der Waals surface area contributed by atoms with Crippen molar-refractivity contribution in [3.8, 4) is 22.6 Å². The van der Waals surface area contributed by atoms with E-state index in [4.69, 9.17) is 14.2 Å². The van der Waals surface area contributed by atoms with Gasteiger partial charge in [-0.2, -0.15) is 0 Å². The van der Waals surface area contributed by atoms with Crippen molar-refractivity contribution < 1.29 is 24.1 Å². The zero-order valence-electron chi connectivity index (χ0n) is 21.8. The van der Waals surface area contributed by atoms with E-state index in [1.807, 2.05) is 30.3 Å². The van der Waals surface area contributed by atoms with Crippen LogP contribution in [-0.2, 0) is 16.0 Å². The van der Waals surface area contributed by atoms with Gasteiger partial charge >= 0.3 is 5.97 Å². The number of hydrogen-bond acceptors (Lipinski definition) is 4. The largest absolute Gasteiger partial charge is 0.496 e. The number of hydrogen-bond donors (Lipinski definition) is 1. The number of rotatable bonds is 12. The monoisotopic (exact) mass is 488 g/mol. The molecular weight excluding hydrogens is 452 g/mol. The molecule has 0 fully saturated rings. The molecule has 1 atom stereocenters. The van der Waals surface area contributed by atoms with Gasteiger partial charge in [0.1, 0.15) is 18.1 Å². The molecule has 3 aromatic carbocycles. The van der Waals surface area contributed by atoms with Crippen LogP contribution in [0.25, 0.3) is 16.7 Å². The number of carboxylic acid groups (broad SMARTS) is 1. The molecule has 0 spiro atoms. The van der Waals surface area contributed by atoms with Gasteiger partial charge in [-0.25, -0.2) is 4.79 Å². The summed E-state index contributed by atoms with van der Waals surface area (Å²) in [6.07, 6.45) is 1.55. The van der Waals surface area contributed by atoms with E-state index < -0.39 is 12.1 Å². The summed E-state index contributed by atoms with van der Waals surface area (Å²) in [5, 5.41) is 9.25. The van der Waals surface area contributed by atoms with E-state index in [-0.39, 0.29) is 0 Å². The molecule has 0 saturated carbocycles. The number of carboxylic acids is 1. The van der Waals surface area contributed by atoms with Crippen molar-refractivity contribution in [3.05, 3.63) is 89.5 Å². The van der Waals surface area contributed by atoms with Crippen molar-refractivity contribution in [2.45, 2.75) is 46.1 Å². The molecule has 0 heterocycles. The second-order valence-electron chi connectivity index (χ2n) is 9.02. The van der Waals surface area contributed by atoms with Crippen LogP contribution in [0, 0.1) is 0 Å². The van der Waals surface area contributed by atoms with Crippen LogP contribution in [0.3, 0.4) is 0 Å². The van der Waals surface area contributed by atoms with Crippen LogP contribution in [0.4, 0.5) is 0 Å². The second-order valence-corrected chi connectivity index (χ2v) is 9.02. The average molecular weight is 489 g/mol. The van der Waals surface area contributed by atoms with Crippen LogP contribution in [-0.4, -0.2) is 37.5 Å². The molecule has 0 aromatic heterocycles. The summed E-state index contributed by atoms with van der Waals surface area (Å²) in [5.41, 5.74) is 6.66. The van der Waals surface area contributed by atoms with E-state index in [1.165, 1.54) is 5.56 Å². The molecular formula is C31H36O5. The van der Waals surface area contributed by atoms with Gasteiger partial charge in [0.15, 0.2) is 6.10 Å². The molecule has 0 amide bonds. The van der Waals surface area contributed by atoms with Gasteiger partial charge < -0.3 is 19.3 Å². The van der Waals surface area contributed by atoms with Gasteiger partial charge in [-0.3, -0.25) is 0 Å². The fourth-order valence-electron chi connectivity index (χ4n) is 3.96. The van der Waals surface area contributed by atoms with Crippen LogP contribution < -0.4 is 9.47 Å². The number of ether oxygens (including phenoxy) is 3. The maximum atomic E-state index is 11.3.